The number of rotatable bonds is 7. The minimum atomic E-state index is -0.373. The summed E-state index contributed by atoms with van der Waals surface area (Å²) in [5.74, 6) is 0.731. The average Bonchev–Trinajstić information content (AvgIpc) is 2.69. The number of hydrogen-bond acceptors (Lipinski definition) is 4. The van der Waals surface area contributed by atoms with Gasteiger partial charge in [0, 0.05) is 19.1 Å². The molecule has 1 unspecified atom stereocenters. The summed E-state index contributed by atoms with van der Waals surface area (Å²) in [6.07, 6.45) is 4.94. The normalized spacial score (nSPS) is 16.8. The van der Waals surface area contributed by atoms with E-state index in [0.29, 0.717) is 19.6 Å². The molecule has 1 fully saturated rings. The van der Waals surface area contributed by atoms with E-state index in [-0.39, 0.29) is 12.6 Å². The van der Waals surface area contributed by atoms with Crippen LogP contribution < -0.4 is 4.74 Å². The number of methoxy groups -OCH3 is 1. The molecule has 0 N–H and O–H groups in total. The standard InChI is InChI=1S/C21H24O4/c1-22-20(14-7-11-17-9-3-2-4-10-17)25-19-13-6-5-12-18(19)21-23-15-8-16-24-21/h2-7,9-13,20-21H,8,14-16H2,1H3/b11-7+. The lowest BCUT2D eigenvalue weighted by Gasteiger charge is -2.26. The molecule has 3 rings (SSSR count). The molecule has 1 heterocycles. The van der Waals surface area contributed by atoms with Crippen LogP contribution in [0.2, 0.25) is 0 Å². The average molecular weight is 340 g/mol. The summed E-state index contributed by atoms with van der Waals surface area (Å²) in [4.78, 5) is 0. The maximum Gasteiger partial charge on any atom is 0.203 e. The number of benzene rings is 2. The van der Waals surface area contributed by atoms with Crippen molar-refractivity contribution in [2.75, 3.05) is 20.3 Å². The summed E-state index contributed by atoms with van der Waals surface area (Å²) in [5, 5.41) is 0. The van der Waals surface area contributed by atoms with Crippen molar-refractivity contribution in [3.05, 3.63) is 71.8 Å². The van der Waals surface area contributed by atoms with Gasteiger partial charge in [-0.15, -0.1) is 0 Å². The third kappa shape index (κ3) is 5.16. The van der Waals surface area contributed by atoms with Gasteiger partial charge >= 0.3 is 0 Å². The third-order valence-corrected chi connectivity index (χ3v) is 3.96. The highest BCUT2D eigenvalue weighted by molar-refractivity contribution is 5.48. The number of ether oxygens (including phenoxy) is 4. The number of para-hydroxylation sites is 1. The molecule has 0 aromatic heterocycles. The Hall–Kier alpha value is -2.14. The monoisotopic (exact) mass is 340 g/mol. The molecule has 1 atom stereocenters. The molecule has 0 saturated carbocycles. The summed E-state index contributed by atoms with van der Waals surface area (Å²) in [6, 6.07) is 18.0. The van der Waals surface area contributed by atoms with Crippen molar-refractivity contribution in [1.29, 1.82) is 0 Å². The van der Waals surface area contributed by atoms with Crippen molar-refractivity contribution in [3.8, 4) is 5.75 Å². The van der Waals surface area contributed by atoms with Crippen LogP contribution >= 0.6 is 0 Å². The van der Waals surface area contributed by atoms with Crippen molar-refractivity contribution in [2.45, 2.75) is 25.4 Å². The fourth-order valence-electron chi connectivity index (χ4n) is 2.66. The summed E-state index contributed by atoms with van der Waals surface area (Å²) >= 11 is 0. The molecular formula is C21H24O4. The quantitative estimate of drug-likeness (QED) is 0.692. The molecule has 0 amide bonds. The van der Waals surface area contributed by atoms with E-state index in [4.69, 9.17) is 18.9 Å². The first-order valence-electron chi connectivity index (χ1n) is 8.60. The molecule has 1 saturated heterocycles. The van der Waals surface area contributed by atoms with Crippen molar-refractivity contribution < 1.29 is 18.9 Å². The van der Waals surface area contributed by atoms with Gasteiger partial charge in [-0.2, -0.15) is 0 Å². The summed E-state index contributed by atoms with van der Waals surface area (Å²) in [5.41, 5.74) is 2.05. The molecule has 1 aliphatic heterocycles. The maximum atomic E-state index is 6.05. The van der Waals surface area contributed by atoms with Crippen LogP contribution in [0.25, 0.3) is 6.08 Å². The van der Waals surface area contributed by atoms with Crippen molar-refractivity contribution >= 4 is 6.08 Å². The van der Waals surface area contributed by atoms with E-state index >= 15 is 0 Å². The smallest absolute Gasteiger partial charge is 0.203 e. The van der Waals surface area contributed by atoms with Crippen LogP contribution in [-0.2, 0) is 14.2 Å². The predicted molar refractivity (Wildman–Crippen MR) is 97.2 cm³/mol. The fraction of sp³-hybridized carbons (Fsp3) is 0.333. The first-order chi connectivity index (χ1) is 12.4. The molecule has 0 bridgehead atoms. The van der Waals surface area contributed by atoms with Crippen molar-refractivity contribution in [2.24, 2.45) is 0 Å². The van der Waals surface area contributed by atoms with Gasteiger partial charge in [-0.1, -0.05) is 60.7 Å². The zero-order valence-corrected chi connectivity index (χ0v) is 14.5. The van der Waals surface area contributed by atoms with E-state index in [2.05, 4.69) is 24.3 Å². The van der Waals surface area contributed by atoms with E-state index in [0.717, 1.165) is 23.3 Å². The van der Waals surface area contributed by atoms with Gasteiger partial charge < -0.3 is 18.9 Å². The second-order valence-corrected chi connectivity index (χ2v) is 5.80. The van der Waals surface area contributed by atoms with Crippen LogP contribution in [0, 0.1) is 0 Å². The highest BCUT2D eigenvalue weighted by Crippen LogP contribution is 2.31. The summed E-state index contributed by atoms with van der Waals surface area (Å²) < 4.78 is 22.9. The lowest BCUT2D eigenvalue weighted by Crippen LogP contribution is -2.22. The van der Waals surface area contributed by atoms with E-state index in [1.807, 2.05) is 42.5 Å². The Morgan fingerprint density at radius 3 is 2.52 bits per heavy atom. The summed E-state index contributed by atoms with van der Waals surface area (Å²) in [6.45, 7) is 1.40. The second-order valence-electron chi connectivity index (χ2n) is 5.80. The molecule has 132 valence electrons. The molecular weight excluding hydrogens is 316 g/mol. The van der Waals surface area contributed by atoms with Gasteiger partial charge in [-0.3, -0.25) is 0 Å². The molecule has 0 aliphatic carbocycles. The molecule has 1 aliphatic rings. The van der Waals surface area contributed by atoms with Gasteiger partial charge in [-0.25, -0.2) is 0 Å². The van der Waals surface area contributed by atoms with Crippen LogP contribution in [0.4, 0.5) is 0 Å². The van der Waals surface area contributed by atoms with Gasteiger partial charge in [0.05, 0.1) is 13.2 Å². The van der Waals surface area contributed by atoms with E-state index in [9.17, 15) is 0 Å². The predicted octanol–water partition coefficient (Wildman–Crippen LogP) is 4.58. The SMILES string of the molecule is COC(C/C=C/c1ccccc1)Oc1ccccc1C1OCCCO1. The zero-order chi connectivity index (χ0) is 17.3. The summed E-state index contributed by atoms with van der Waals surface area (Å²) in [7, 11) is 1.65. The second kappa shape index (κ2) is 9.37. The minimum Gasteiger partial charge on any atom is -0.464 e. The Labute approximate surface area is 149 Å². The van der Waals surface area contributed by atoms with Crippen LogP contribution in [0.15, 0.2) is 60.7 Å². The van der Waals surface area contributed by atoms with Crippen LogP contribution in [-0.4, -0.2) is 26.6 Å². The highest BCUT2D eigenvalue weighted by Gasteiger charge is 2.21. The number of hydrogen-bond donors (Lipinski definition) is 0. The highest BCUT2D eigenvalue weighted by atomic mass is 16.7. The lowest BCUT2D eigenvalue weighted by atomic mass is 10.2. The third-order valence-electron chi connectivity index (χ3n) is 3.96. The topological polar surface area (TPSA) is 36.9 Å². The lowest BCUT2D eigenvalue weighted by molar-refractivity contribution is -0.184. The van der Waals surface area contributed by atoms with Gasteiger partial charge in [0.1, 0.15) is 5.75 Å². The van der Waals surface area contributed by atoms with E-state index in [1.54, 1.807) is 7.11 Å². The van der Waals surface area contributed by atoms with Crippen LogP contribution in [0.5, 0.6) is 5.75 Å². The molecule has 0 spiro atoms. The Balaban J connectivity index is 1.64. The molecule has 2 aromatic rings. The Bertz CT molecular complexity index is 663. The van der Waals surface area contributed by atoms with Crippen LogP contribution in [0.1, 0.15) is 30.3 Å². The largest absolute Gasteiger partial charge is 0.464 e. The van der Waals surface area contributed by atoms with E-state index < -0.39 is 0 Å². The van der Waals surface area contributed by atoms with Crippen LogP contribution in [0.3, 0.4) is 0 Å². The van der Waals surface area contributed by atoms with Gasteiger partial charge in [0.15, 0.2) is 6.29 Å². The molecule has 0 radical (unpaired) electrons. The maximum absolute atomic E-state index is 6.05. The van der Waals surface area contributed by atoms with Gasteiger partial charge in [-0.05, 0) is 18.1 Å². The molecule has 25 heavy (non-hydrogen) atoms. The minimum absolute atomic E-state index is 0.371. The molecule has 2 aromatic carbocycles. The molecule has 4 heteroatoms. The molecule has 4 nitrogen and oxygen atoms in total. The zero-order valence-electron chi connectivity index (χ0n) is 14.5. The Morgan fingerprint density at radius 1 is 1.04 bits per heavy atom. The van der Waals surface area contributed by atoms with Gasteiger partial charge in [0.25, 0.3) is 0 Å². The van der Waals surface area contributed by atoms with Crippen molar-refractivity contribution in [3.63, 3.8) is 0 Å². The Morgan fingerprint density at radius 2 is 1.76 bits per heavy atom. The first kappa shape index (κ1) is 17.7. The fourth-order valence-corrected chi connectivity index (χ4v) is 2.66. The first-order valence-corrected chi connectivity index (χ1v) is 8.60. The van der Waals surface area contributed by atoms with Gasteiger partial charge in [0.2, 0.25) is 6.29 Å². The van der Waals surface area contributed by atoms with Crippen molar-refractivity contribution in [1.82, 2.24) is 0 Å². The van der Waals surface area contributed by atoms with E-state index in [1.165, 1.54) is 0 Å². The Kier molecular flexibility index (Phi) is 6.63.